The highest BCUT2D eigenvalue weighted by atomic mass is 32.2. The summed E-state index contributed by atoms with van der Waals surface area (Å²) in [7, 11) is -1.86. The zero-order chi connectivity index (χ0) is 15.3. The first kappa shape index (κ1) is 15.5. The summed E-state index contributed by atoms with van der Waals surface area (Å²) in [6, 6.07) is 4.91. The summed E-state index contributed by atoms with van der Waals surface area (Å²) < 4.78 is 29.0. The monoisotopic (exact) mass is 309 g/mol. The number of aryl methyl sites for hydroxylation is 1. The number of hydrogen-bond acceptors (Lipinski definition) is 5. The van der Waals surface area contributed by atoms with E-state index >= 15 is 0 Å². The molecule has 2 heterocycles. The van der Waals surface area contributed by atoms with Crippen LogP contribution in [0.4, 0.5) is 5.82 Å². The second-order valence-electron chi connectivity index (χ2n) is 4.55. The minimum atomic E-state index is -3.63. The molecule has 114 valence electrons. The Morgan fingerprint density at radius 3 is 2.76 bits per heavy atom. The van der Waals surface area contributed by atoms with E-state index in [4.69, 9.17) is 0 Å². The molecular weight excluding hydrogens is 290 g/mol. The van der Waals surface area contributed by atoms with Gasteiger partial charge in [0.15, 0.2) is 0 Å². The van der Waals surface area contributed by atoms with Crippen molar-refractivity contribution in [3.63, 3.8) is 0 Å². The first-order valence-corrected chi connectivity index (χ1v) is 8.18. The average Bonchev–Trinajstić information content (AvgIpc) is 2.89. The minimum absolute atomic E-state index is 0.153. The summed E-state index contributed by atoms with van der Waals surface area (Å²) in [5, 5.41) is 7.03. The summed E-state index contributed by atoms with van der Waals surface area (Å²) >= 11 is 0. The van der Waals surface area contributed by atoms with E-state index in [1.165, 1.54) is 6.07 Å². The van der Waals surface area contributed by atoms with E-state index in [9.17, 15) is 8.42 Å². The highest BCUT2D eigenvalue weighted by Crippen LogP contribution is 2.18. The van der Waals surface area contributed by atoms with Crippen molar-refractivity contribution in [2.75, 3.05) is 11.9 Å². The third-order valence-corrected chi connectivity index (χ3v) is 4.40. The molecule has 0 saturated carbocycles. The Balaban J connectivity index is 2.17. The van der Waals surface area contributed by atoms with Crippen molar-refractivity contribution in [1.82, 2.24) is 19.5 Å². The van der Waals surface area contributed by atoms with Crippen molar-refractivity contribution in [2.45, 2.75) is 24.8 Å². The Bertz CT molecular complexity index is 696. The van der Waals surface area contributed by atoms with Crippen LogP contribution in [0.5, 0.6) is 0 Å². The van der Waals surface area contributed by atoms with Gasteiger partial charge in [0.1, 0.15) is 10.7 Å². The van der Waals surface area contributed by atoms with Gasteiger partial charge in [0.05, 0.1) is 12.2 Å². The fraction of sp³-hybridized carbons (Fsp3) is 0.385. The predicted molar refractivity (Wildman–Crippen MR) is 80.3 cm³/mol. The molecule has 0 bridgehead atoms. The van der Waals surface area contributed by atoms with E-state index < -0.39 is 10.0 Å². The molecule has 21 heavy (non-hydrogen) atoms. The zero-order valence-electron chi connectivity index (χ0n) is 12.1. The van der Waals surface area contributed by atoms with Crippen LogP contribution in [-0.4, -0.2) is 29.7 Å². The van der Waals surface area contributed by atoms with Gasteiger partial charge in [-0.1, -0.05) is 6.92 Å². The molecule has 2 N–H and O–H groups in total. The lowest BCUT2D eigenvalue weighted by Crippen LogP contribution is -2.25. The molecule has 0 spiro atoms. The second-order valence-corrected chi connectivity index (χ2v) is 6.28. The SMILES string of the molecule is CCCNc1ncccc1S(=O)(=O)NCc1ccnn1C. The number of rotatable bonds is 7. The van der Waals surface area contributed by atoms with Crippen LogP contribution in [0.1, 0.15) is 19.0 Å². The molecule has 7 nitrogen and oxygen atoms in total. The Morgan fingerprint density at radius 2 is 2.10 bits per heavy atom. The first-order chi connectivity index (χ1) is 10.0. The first-order valence-electron chi connectivity index (χ1n) is 6.70. The number of nitrogens with zero attached hydrogens (tertiary/aromatic N) is 3. The fourth-order valence-electron chi connectivity index (χ4n) is 1.81. The van der Waals surface area contributed by atoms with Gasteiger partial charge in [0.2, 0.25) is 10.0 Å². The fourth-order valence-corrected chi connectivity index (χ4v) is 2.94. The molecule has 0 aliphatic heterocycles. The number of aromatic nitrogens is 3. The van der Waals surface area contributed by atoms with Crippen molar-refractivity contribution in [3.05, 3.63) is 36.3 Å². The summed E-state index contributed by atoms with van der Waals surface area (Å²) in [6.07, 6.45) is 4.08. The summed E-state index contributed by atoms with van der Waals surface area (Å²) in [5.74, 6) is 0.372. The maximum Gasteiger partial charge on any atom is 0.244 e. The number of nitrogens with one attached hydrogen (secondary N) is 2. The van der Waals surface area contributed by atoms with Crippen molar-refractivity contribution < 1.29 is 8.42 Å². The van der Waals surface area contributed by atoms with Crippen molar-refractivity contribution in [2.24, 2.45) is 7.05 Å². The molecule has 2 aromatic rings. The van der Waals surface area contributed by atoms with Crippen LogP contribution >= 0.6 is 0 Å². The predicted octanol–water partition coefficient (Wildman–Crippen LogP) is 1.12. The van der Waals surface area contributed by atoms with E-state index in [2.05, 4.69) is 20.1 Å². The van der Waals surface area contributed by atoms with Crippen LogP contribution in [0.2, 0.25) is 0 Å². The van der Waals surface area contributed by atoms with Gasteiger partial charge in [-0.05, 0) is 24.6 Å². The van der Waals surface area contributed by atoms with Crippen LogP contribution in [0.15, 0.2) is 35.5 Å². The molecule has 0 saturated heterocycles. The third kappa shape index (κ3) is 3.79. The van der Waals surface area contributed by atoms with Gasteiger partial charge in [0, 0.05) is 26.0 Å². The molecule has 8 heteroatoms. The Morgan fingerprint density at radius 1 is 1.29 bits per heavy atom. The van der Waals surface area contributed by atoms with Gasteiger partial charge in [-0.25, -0.2) is 18.1 Å². The molecule has 2 aromatic heterocycles. The maximum absolute atomic E-state index is 12.4. The number of pyridine rings is 1. The number of sulfonamides is 1. The second kappa shape index (κ2) is 6.68. The quantitative estimate of drug-likeness (QED) is 0.800. The third-order valence-electron chi connectivity index (χ3n) is 2.97. The summed E-state index contributed by atoms with van der Waals surface area (Å²) in [5.41, 5.74) is 0.783. The highest BCUT2D eigenvalue weighted by Gasteiger charge is 2.19. The maximum atomic E-state index is 12.4. The Kier molecular flexibility index (Phi) is 4.92. The molecular formula is C13H19N5O2S. The van der Waals surface area contributed by atoms with Crippen LogP contribution in [0, 0.1) is 0 Å². The largest absolute Gasteiger partial charge is 0.369 e. The Labute approximate surface area is 124 Å². The number of anilines is 1. The van der Waals surface area contributed by atoms with Crippen LogP contribution < -0.4 is 10.0 Å². The lowest BCUT2D eigenvalue weighted by molar-refractivity contribution is 0.577. The van der Waals surface area contributed by atoms with Gasteiger partial charge < -0.3 is 5.32 Å². The summed E-state index contributed by atoms with van der Waals surface area (Å²) in [6.45, 7) is 2.85. The van der Waals surface area contributed by atoms with Crippen molar-refractivity contribution in [3.8, 4) is 0 Å². The zero-order valence-corrected chi connectivity index (χ0v) is 12.9. The molecule has 0 amide bonds. The van der Waals surface area contributed by atoms with E-state index in [-0.39, 0.29) is 11.4 Å². The van der Waals surface area contributed by atoms with Gasteiger partial charge >= 0.3 is 0 Å². The van der Waals surface area contributed by atoms with Crippen LogP contribution in [0.25, 0.3) is 0 Å². The standard InChI is InChI=1S/C13H19N5O2S/c1-3-7-14-13-12(5-4-8-15-13)21(19,20)17-10-11-6-9-16-18(11)2/h4-6,8-9,17H,3,7,10H2,1-2H3,(H,14,15). The summed E-state index contributed by atoms with van der Waals surface area (Å²) in [4.78, 5) is 4.25. The molecule has 0 unspecified atom stereocenters. The molecule has 0 aromatic carbocycles. The molecule has 0 aliphatic rings. The van der Waals surface area contributed by atoms with E-state index in [1.54, 1.807) is 36.3 Å². The molecule has 2 rings (SSSR count). The van der Waals surface area contributed by atoms with E-state index in [1.807, 2.05) is 6.92 Å². The van der Waals surface area contributed by atoms with E-state index in [0.29, 0.717) is 12.4 Å². The highest BCUT2D eigenvalue weighted by molar-refractivity contribution is 7.89. The Hall–Kier alpha value is -1.93. The molecule has 0 aliphatic carbocycles. The van der Waals surface area contributed by atoms with Crippen molar-refractivity contribution in [1.29, 1.82) is 0 Å². The van der Waals surface area contributed by atoms with Crippen LogP contribution in [-0.2, 0) is 23.6 Å². The van der Waals surface area contributed by atoms with Gasteiger partial charge in [0.25, 0.3) is 0 Å². The molecule has 0 atom stereocenters. The topological polar surface area (TPSA) is 88.9 Å². The van der Waals surface area contributed by atoms with Gasteiger partial charge in [-0.3, -0.25) is 4.68 Å². The molecule has 0 radical (unpaired) electrons. The smallest absolute Gasteiger partial charge is 0.244 e. The van der Waals surface area contributed by atoms with Gasteiger partial charge in [-0.2, -0.15) is 5.10 Å². The minimum Gasteiger partial charge on any atom is -0.369 e. The molecule has 0 fully saturated rings. The number of hydrogen-bond donors (Lipinski definition) is 2. The lowest BCUT2D eigenvalue weighted by atomic mass is 10.4. The van der Waals surface area contributed by atoms with E-state index in [0.717, 1.165) is 12.1 Å². The average molecular weight is 309 g/mol. The van der Waals surface area contributed by atoms with Gasteiger partial charge in [-0.15, -0.1) is 0 Å². The van der Waals surface area contributed by atoms with Crippen LogP contribution in [0.3, 0.4) is 0 Å². The normalized spacial score (nSPS) is 11.5. The lowest BCUT2D eigenvalue weighted by Gasteiger charge is -2.11. The van der Waals surface area contributed by atoms with Crippen molar-refractivity contribution >= 4 is 15.8 Å².